The number of carbonyl (C=O) groups is 1. The van der Waals surface area contributed by atoms with Gasteiger partial charge in [0, 0.05) is 16.6 Å². The molecule has 6 nitrogen and oxygen atoms in total. The molecule has 0 radical (unpaired) electrons. The van der Waals surface area contributed by atoms with E-state index in [0.717, 1.165) is 11.3 Å². The lowest BCUT2D eigenvalue weighted by Gasteiger charge is -2.09. The van der Waals surface area contributed by atoms with E-state index in [-0.39, 0.29) is 12.5 Å². The Kier molecular flexibility index (Phi) is 5.15. The summed E-state index contributed by atoms with van der Waals surface area (Å²) in [4.78, 5) is 16.5. The van der Waals surface area contributed by atoms with Crippen molar-refractivity contribution in [3.05, 3.63) is 53.9 Å². The maximum Gasteiger partial charge on any atom is 0.264 e. The van der Waals surface area contributed by atoms with Gasteiger partial charge in [0.2, 0.25) is 0 Å². The van der Waals surface area contributed by atoms with Crippen molar-refractivity contribution in [3.8, 4) is 22.8 Å². The summed E-state index contributed by atoms with van der Waals surface area (Å²) in [5, 5.41) is 5.12. The normalized spacial score (nSPS) is 10.3. The number of amides is 1. The number of nitrogens with two attached hydrogens (primary N) is 1. The number of nitrogen functional groups attached to an aromatic ring is 1. The summed E-state index contributed by atoms with van der Waals surface area (Å²) in [5.41, 5.74) is 8.10. The Morgan fingerprint density at radius 3 is 2.60 bits per heavy atom. The summed E-state index contributed by atoms with van der Waals surface area (Å²) >= 11 is 1.35. The Hall–Kier alpha value is -3.06. The van der Waals surface area contributed by atoms with Crippen molar-refractivity contribution in [2.24, 2.45) is 0 Å². The number of nitrogens with one attached hydrogen (secondary N) is 1. The molecule has 3 N–H and O–H groups in total. The molecular weight excluding hydrogens is 338 g/mol. The summed E-state index contributed by atoms with van der Waals surface area (Å²) in [7, 11) is 1.55. The fourth-order valence-electron chi connectivity index (χ4n) is 2.15. The molecule has 0 bridgehead atoms. The van der Waals surface area contributed by atoms with Gasteiger partial charge in [-0.3, -0.25) is 10.1 Å². The minimum Gasteiger partial charge on any atom is -0.493 e. The third kappa shape index (κ3) is 4.27. The van der Waals surface area contributed by atoms with Gasteiger partial charge in [0.05, 0.1) is 12.8 Å². The highest BCUT2D eigenvalue weighted by molar-refractivity contribution is 7.14. The van der Waals surface area contributed by atoms with Crippen LogP contribution in [0, 0.1) is 0 Å². The van der Waals surface area contributed by atoms with Crippen LogP contribution in [-0.4, -0.2) is 24.6 Å². The molecule has 7 heteroatoms. The standard InChI is InChI=1S/C18H17N3O3S/c1-23-15-4-2-3-5-16(15)24-10-17(22)21-18-20-14(11-25-18)12-6-8-13(19)9-7-12/h2-9,11H,10,19H2,1H3,(H,20,21,22). The number of rotatable bonds is 6. The van der Waals surface area contributed by atoms with Crippen molar-refractivity contribution in [3.63, 3.8) is 0 Å². The van der Waals surface area contributed by atoms with E-state index in [2.05, 4.69) is 10.3 Å². The van der Waals surface area contributed by atoms with Crippen molar-refractivity contribution in [2.45, 2.75) is 0 Å². The van der Waals surface area contributed by atoms with Crippen molar-refractivity contribution in [1.82, 2.24) is 4.98 Å². The SMILES string of the molecule is COc1ccccc1OCC(=O)Nc1nc(-c2ccc(N)cc2)cs1. The van der Waals surface area contributed by atoms with E-state index in [1.54, 1.807) is 19.2 Å². The van der Waals surface area contributed by atoms with E-state index in [4.69, 9.17) is 15.2 Å². The number of aromatic nitrogens is 1. The number of carbonyl (C=O) groups excluding carboxylic acids is 1. The predicted molar refractivity (Wildman–Crippen MR) is 99.1 cm³/mol. The maximum atomic E-state index is 12.0. The molecule has 0 aliphatic carbocycles. The molecule has 3 aromatic rings. The van der Waals surface area contributed by atoms with E-state index in [9.17, 15) is 4.79 Å². The Morgan fingerprint density at radius 1 is 1.16 bits per heavy atom. The summed E-state index contributed by atoms with van der Waals surface area (Å²) in [6, 6.07) is 14.6. The molecule has 0 unspecified atom stereocenters. The zero-order valence-corrected chi connectivity index (χ0v) is 14.4. The largest absolute Gasteiger partial charge is 0.493 e. The van der Waals surface area contributed by atoms with Gasteiger partial charge in [-0.05, 0) is 24.3 Å². The highest BCUT2D eigenvalue weighted by Crippen LogP contribution is 2.27. The Bertz CT molecular complexity index is 862. The second-order valence-corrected chi connectivity index (χ2v) is 6.01. The van der Waals surface area contributed by atoms with Crippen LogP contribution in [0.1, 0.15) is 0 Å². The summed E-state index contributed by atoms with van der Waals surface area (Å²) in [5.74, 6) is 0.807. The molecule has 3 rings (SSSR count). The number of ether oxygens (including phenoxy) is 2. The van der Waals surface area contributed by atoms with Crippen LogP contribution in [-0.2, 0) is 4.79 Å². The van der Waals surface area contributed by atoms with Crippen LogP contribution >= 0.6 is 11.3 Å². The van der Waals surface area contributed by atoms with Gasteiger partial charge in [-0.25, -0.2) is 4.98 Å². The van der Waals surface area contributed by atoms with E-state index in [0.29, 0.717) is 22.3 Å². The topological polar surface area (TPSA) is 86.5 Å². The molecule has 1 aromatic heterocycles. The van der Waals surface area contributed by atoms with Crippen LogP contribution in [0.3, 0.4) is 0 Å². The average molecular weight is 355 g/mol. The monoisotopic (exact) mass is 355 g/mol. The lowest BCUT2D eigenvalue weighted by molar-refractivity contribution is -0.118. The molecule has 1 heterocycles. The lowest BCUT2D eigenvalue weighted by atomic mass is 10.1. The first kappa shape index (κ1) is 16.8. The molecule has 0 saturated heterocycles. The van der Waals surface area contributed by atoms with E-state index in [1.807, 2.05) is 41.8 Å². The number of hydrogen-bond acceptors (Lipinski definition) is 6. The molecule has 128 valence electrons. The first-order valence-corrected chi connectivity index (χ1v) is 8.41. The molecule has 25 heavy (non-hydrogen) atoms. The molecule has 0 aliphatic rings. The van der Waals surface area contributed by atoms with Crippen molar-refractivity contribution < 1.29 is 14.3 Å². The van der Waals surface area contributed by atoms with Crippen LogP contribution in [0.5, 0.6) is 11.5 Å². The van der Waals surface area contributed by atoms with Crippen LogP contribution < -0.4 is 20.5 Å². The van der Waals surface area contributed by atoms with Gasteiger partial charge in [0.15, 0.2) is 23.2 Å². The molecule has 1 amide bonds. The number of para-hydroxylation sites is 2. The van der Waals surface area contributed by atoms with E-state index in [1.165, 1.54) is 11.3 Å². The van der Waals surface area contributed by atoms with Gasteiger partial charge < -0.3 is 15.2 Å². The van der Waals surface area contributed by atoms with Crippen LogP contribution in [0.15, 0.2) is 53.9 Å². The number of methoxy groups -OCH3 is 1. The molecule has 0 atom stereocenters. The van der Waals surface area contributed by atoms with Gasteiger partial charge in [-0.1, -0.05) is 24.3 Å². The molecule has 0 saturated carbocycles. The fraction of sp³-hybridized carbons (Fsp3) is 0.111. The molecule has 2 aromatic carbocycles. The first-order valence-electron chi connectivity index (χ1n) is 7.53. The zero-order chi connectivity index (χ0) is 17.6. The van der Waals surface area contributed by atoms with Gasteiger partial charge in [-0.15, -0.1) is 11.3 Å². The highest BCUT2D eigenvalue weighted by atomic mass is 32.1. The second kappa shape index (κ2) is 7.67. The molecular formula is C18H17N3O3S. The summed E-state index contributed by atoms with van der Waals surface area (Å²) in [6.07, 6.45) is 0. The molecule has 0 fully saturated rings. The number of anilines is 2. The maximum absolute atomic E-state index is 12.0. The van der Waals surface area contributed by atoms with Crippen LogP contribution in [0.4, 0.5) is 10.8 Å². The Labute approximate surface area is 149 Å². The average Bonchev–Trinajstić information content (AvgIpc) is 3.09. The Balaban J connectivity index is 1.59. The predicted octanol–water partition coefficient (Wildman–Crippen LogP) is 3.42. The van der Waals surface area contributed by atoms with Gasteiger partial charge in [0.1, 0.15) is 0 Å². The second-order valence-electron chi connectivity index (χ2n) is 5.15. The quantitative estimate of drug-likeness (QED) is 0.662. The molecule has 0 aliphatic heterocycles. The zero-order valence-electron chi connectivity index (χ0n) is 13.6. The highest BCUT2D eigenvalue weighted by Gasteiger charge is 2.10. The van der Waals surface area contributed by atoms with Crippen LogP contribution in [0.25, 0.3) is 11.3 Å². The number of hydrogen-bond donors (Lipinski definition) is 2. The first-order chi connectivity index (χ1) is 12.2. The third-order valence-electron chi connectivity index (χ3n) is 3.38. The third-order valence-corrected chi connectivity index (χ3v) is 4.14. The van der Waals surface area contributed by atoms with Gasteiger partial charge in [-0.2, -0.15) is 0 Å². The van der Waals surface area contributed by atoms with Crippen molar-refractivity contribution in [1.29, 1.82) is 0 Å². The molecule has 0 spiro atoms. The smallest absolute Gasteiger partial charge is 0.264 e. The minimum atomic E-state index is -0.288. The van der Waals surface area contributed by atoms with E-state index < -0.39 is 0 Å². The van der Waals surface area contributed by atoms with Gasteiger partial charge >= 0.3 is 0 Å². The fourth-order valence-corrected chi connectivity index (χ4v) is 2.89. The summed E-state index contributed by atoms with van der Waals surface area (Å²) < 4.78 is 10.7. The Morgan fingerprint density at radius 2 is 1.88 bits per heavy atom. The number of thiazole rings is 1. The number of benzene rings is 2. The van der Waals surface area contributed by atoms with E-state index >= 15 is 0 Å². The van der Waals surface area contributed by atoms with Gasteiger partial charge in [0.25, 0.3) is 5.91 Å². The summed E-state index contributed by atoms with van der Waals surface area (Å²) in [6.45, 7) is -0.128. The lowest BCUT2D eigenvalue weighted by Crippen LogP contribution is -2.20. The van der Waals surface area contributed by atoms with Crippen LogP contribution in [0.2, 0.25) is 0 Å². The van der Waals surface area contributed by atoms with Crippen molar-refractivity contribution >= 4 is 28.1 Å². The number of nitrogens with zero attached hydrogens (tertiary/aromatic N) is 1. The van der Waals surface area contributed by atoms with Crippen molar-refractivity contribution in [2.75, 3.05) is 24.8 Å². The minimum absolute atomic E-state index is 0.128.